The lowest BCUT2D eigenvalue weighted by molar-refractivity contribution is -0.121. The topological polar surface area (TPSA) is 55.1 Å². The van der Waals surface area contributed by atoms with Crippen molar-refractivity contribution in [2.24, 2.45) is 5.73 Å². The van der Waals surface area contributed by atoms with Gasteiger partial charge in [-0.3, -0.25) is 4.79 Å². The molecule has 3 rings (SSSR count). The number of nitrogens with one attached hydrogen (secondary N) is 1. The molecule has 22 heavy (non-hydrogen) atoms. The van der Waals surface area contributed by atoms with Gasteiger partial charge in [-0.1, -0.05) is 49.9 Å². The molecule has 0 unspecified atom stereocenters. The van der Waals surface area contributed by atoms with Crippen LogP contribution in [-0.2, 0) is 17.6 Å². The highest BCUT2D eigenvalue weighted by atomic mass is 16.1. The highest BCUT2D eigenvalue weighted by Crippen LogP contribution is 2.36. The van der Waals surface area contributed by atoms with E-state index in [-0.39, 0.29) is 11.4 Å². The molecule has 3 heteroatoms. The van der Waals surface area contributed by atoms with Crippen LogP contribution >= 0.6 is 0 Å². The summed E-state index contributed by atoms with van der Waals surface area (Å²) in [5, 5.41) is 3.24. The van der Waals surface area contributed by atoms with Gasteiger partial charge < -0.3 is 11.1 Å². The van der Waals surface area contributed by atoms with Crippen molar-refractivity contribution in [3.8, 4) is 0 Å². The van der Waals surface area contributed by atoms with E-state index in [1.807, 2.05) is 12.1 Å². The quantitative estimate of drug-likeness (QED) is 0.821. The van der Waals surface area contributed by atoms with E-state index in [4.69, 9.17) is 5.73 Å². The molecule has 0 heterocycles. The minimum atomic E-state index is -0.00608. The Hall–Kier alpha value is -1.35. The standard InChI is InChI=1S/C19H28N2O/c20-19(11-12-19)14-16-8-6-5-7-15(16)13-18(22)21-17-9-3-1-2-4-10-17/h5-8,17H,1-4,9-14,20H2,(H,21,22). The molecule has 2 aliphatic rings. The van der Waals surface area contributed by atoms with Crippen molar-refractivity contribution < 1.29 is 4.79 Å². The van der Waals surface area contributed by atoms with E-state index < -0.39 is 0 Å². The van der Waals surface area contributed by atoms with E-state index in [0.29, 0.717) is 12.5 Å². The molecule has 120 valence electrons. The second-order valence-electron chi connectivity index (χ2n) is 7.24. The van der Waals surface area contributed by atoms with Crippen LogP contribution in [0.5, 0.6) is 0 Å². The van der Waals surface area contributed by atoms with E-state index in [0.717, 1.165) is 37.7 Å². The second-order valence-corrected chi connectivity index (χ2v) is 7.24. The first-order valence-corrected chi connectivity index (χ1v) is 8.80. The molecule has 2 aliphatic carbocycles. The van der Waals surface area contributed by atoms with Gasteiger partial charge in [0, 0.05) is 11.6 Å². The lowest BCUT2D eigenvalue weighted by atomic mass is 9.97. The maximum absolute atomic E-state index is 12.4. The molecule has 1 aromatic carbocycles. The van der Waals surface area contributed by atoms with Crippen LogP contribution in [0.25, 0.3) is 0 Å². The molecular weight excluding hydrogens is 272 g/mol. The molecule has 0 atom stereocenters. The number of carbonyl (C=O) groups is 1. The van der Waals surface area contributed by atoms with Gasteiger partial charge in [-0.15, -0.1) is 0 Å². The van der Waals surface area contributed by atoms with Gasteiger partial charge in [0.15, 0.2) is 0 Å². The van der Waals surface area contributed by atoms with Crippen molar-refractivity contribution in [1.29, 1.82) is 0 Å². The Morgan fingerprint density at radius 3 is 2.36 bits per heavy atom. The van der Waals surface area contributed by atoms with Crippen LogP contribution in [0.3, 0.4) is 0 Å². The number of rotatable bonds is 5. The number of carbonyl (C=O) groups excluding carboxylic acids is 1. The molecule has 0 aromatic heterocycles. The van der Waals surface area contributed by atoms with Gasteiger partial charge in [0.05, 0.1) is 6.42 Å². The summed E-state index contributed by atoms with van der Waals surface area (Å²) in [6.07, 6.45) is 11.0. The Morgan fingerprint density at radius 2 is 1.73 bits per heavy atom. The van der Waals surface area contributed by atoms with Crippen molar-refractivity contribution in [3.63, 3.8) is 0 Å². The fourth-order valence-electron chi connectivity index (χ4n) is 3.49. The number of nitrogens with two attached hydrogens (primary N) is 1. The third kappa shape index (κ3) is 4.33. The average molecular weight is 300 g/mol. The van der Waals surface area contributed by atoms with Crippen LogP contribution in [0.15, 0.2) is 24.3 Å². The Labute approximate surface area is 133 Å². The highest BCUT2D eigenvalue weighted by Gasteiger charge is 2.38. The average Bonchev–Trinajstić information content (AvgIpc) is 3.25. The summed E-state index contributed by atoms with van der Waals surface area (Å²) in [6.45, 7) is 0. The molecule has 3 N–H and O–H groups in total. The van der Waals surface area contributed by atoms with Crippen LogP contribution in [0.2, 0.25) is 0 Å². The van der Waals surface area contributed by atoms with Crippen LogP contribution in [-0.4, -0.2) is 17.5 Å². The SMILES string of the molecule is NC1(Cc2ccccc2CC(=O)NC2CCCCCC2)CC1. The van der Waals surface area contributed by atoms with E-state index >= 15 is 0 Å². The van der Waals surface area contributed by atoms with Gasteiger partial charge in [0.1, 0.15) is 0 Å². The zero-order valence-electron chi connectivity index (χ0n) is 13.4. The van der Waals surface area contributed by atoms with E-state index in [2.05, 4.69) is 17.4 Å². The number of benzene rings is 1. The van der Waals surface area contributed by atoms with Gasteiger partial charge in [0.25, 0.3) is 0 Å². The monoisotopic (exact) mass is 300 g/mol. The highest BCUT2D eigenvalue weighted by molar-refractivity contribution is 5.79. The summed E-state index contributed by atoms with van der Waals surface area (Å²) in [5.74, 6) is 0.168. The van der Waals surface area contributed by atoms with Crippen molar-refractivity contribution in [1.82, 2.24) is 5.32 Å². The molecule has 0 saturated heterocycles. The summed E-state index contributed by atoms with van der Waals surface area (Å²) >= 11 is 0. The molecule has 0 aliphatic heterocycles. The largest absolute Gasteiger partial charge is 0.353 e. The van der Waals surface area contributed by atoms with Crippen LogP contribution < -0.4 is 11.1 Å². The Bertz CT molecular complexity index is 514. The first kappa shape index (κ1) is 15.5. The lowest BCUT2D eigenvalue weighted by Gasteiger charge is -2.18. The van der Waals surface area contributed by atoms with Crippen molar-refractivity contribution in [3.05, 3.63) is 35.4 Å². The summed E-state index contributed by atoms with van der Waals surface area (Å²) < 4.78 is 0. The summed E-state index contributed by atoms with van der Waals surface area (Å²) in [6, 6.07) is 8.66. The fraction of sp³-hybridized carbons (Fsp3) is 0.632. The molecule has 3 nitrogen and oxygen atoms in total. The molecule has 1 amide bonds. The summed E-state index contributed by atoms with van der Waals surface area (Å²) in [7, 11) is 0. The molecule has 1 aromatic rings. The van der Waals surface area contributed by atoms with Crippen LogP contribution in [0.4, 0.5) is 0 Å². The smallest absolute Gasteiger partial charge is 0.224 e. The maximum atomic E-state index is 12.4. The van der Waals surface area contributed by atoms with Gasteiger partial charge in [-0.25, -0.2) is 0 Å². The Morgan fingerprint density at radius 1 is 1.09 bits per heavy atom. The van der Waals surface area contributed by atoms with Gasteiger partial charge in [-0.05, 0) is 43.2 Å². The molecular formula is C19H28N2O. The van der Waals surface area contributed by atoms with Gasteiger partial charge >= 0.3 is 0 Å². The summed E-state index contributed by atoms with van der Waals surface area (Å²) in [4.78, 5) is 12.4. The number of amides is 1. The first-order valence-electron chi connectivity index (χ1n) is 8.80. The zero-order chi connectivity index (χ0) is 15.4. The van der Waals surface area contributed by atoms with Gasteiger partial charge in [-0.2, -0.15) is 0 Å². The van der Waals surface area contributed by atoms with E-state index in [9.17, 15) is 4.79 Å². The first-order chi connectivity index (χ1) is 10.6. The van der Waals surface area contributed by atoms with Crippen LogP contribution in [0, 0.1) is 0 Å². The Kier molecular flexibility index (Phi) is 4.82. The molecule has 2 fully saturated rings. The Balaban J connectivity index is 1.58. The minimum Gasteiger partial charge on any atom is -0.353 e. The molecule has 0 spiro atoms. The normalized spacial score (nSPS) is 21.1. The lowest BCUT2D eigenvalue weighted by Crippen LogP contribution is -2.35. The fourth-order valence-corrected chi connectivity index (χ4v) is 3.49. The van der Waals surface area contributed by atoms with Crippen molar-refractivity contribution >= 4 is 5.91 Å². The van der Waals surface area contributed by atoms with E-state index in [1.54, 1.807) is 0 Å². The number of hydrogen-bond acceptors (Lipinski definition) is 2. The number of hydrogen-bond donors (Lipinski definition) is 2. The van der Waals surface area contributed by atoms with E-state index in [1.165, 1.54) is 31.2 Å². The molecule has 0 bridgehead atoms. The predicted octanol–water partition coefficient (Wildman–Crippen LogP) is 3.10. The third-order valence-corrected chi connectivity index (χ3v) is 5.12. The van der Waals surface area contributed by atoms with Gasteiger partial charge in [0.2, 0.25) is 5.91 Å². The van der Waals surface area contributed by atoms with Crippen molar-refractivity contribution in [2.75, 3.05) is 0 Å². The maximum Gasteiger partial charge on any atom is 0.224 e. The minimum absolute atomic E-state index is 0.00608. The molecule has 0 radical (unpaired) electrons. The second kappa shape index (κ2) is 6.82. The summed E-state index contributed by atoms with van der Waals surface area (Å²) in [5.41, 5.74) is 8.63. The van der Waals surface area contributed by atoms with Crippen LogP contribution in [0.1, 0.15) is 62.5 Å². The predicted molar refractivity (Wildman–Crippen MR) is 89.6 cm³/mol. The van der Waals surface area contributed by atoms with Crippen molar-refractivity contribution in [2.45, 2.75) is 75.8 Å². The molecule has 2 saturated carbocycles. The third-order valence-electron chi connectivity index (χ3n) is 5.12. The zero-order valence-corrected chi connectivity index (χ0v) is 13.4.